The van der Waals surface area contributed by atoms with Crippen LogP contribution in [0.1, 0.15) is 25.0 Å². The summed E-state index contributed by atoms with van der Waals surface area (Å²) in [5.41, 5.74) is 1.01. The van der Waals surface area contributed by atoms with Gasteiger partial charge in [-0.25, -0.2) is 0 Å². The second-order valence-electron chi connectivity index (χ2n) is 3.82. The lowest BCUT2D eigenvalue weighted by molar-refractivity contribution is -0.122. The number of hydrogen-bond acceptors (Lipinski definition) is 2. The van der Waals surface area contributed by atoms with E-state index in [-0.39, 0.29) is 0 Å². The van der Waals surface area contributed by atoms with Crippen molar-refractivity contribution in [2.45, 2.75) is 32.3 Å². The van der Waals surface area contributed by atoms with Crippen LogP contribution in [0.15, 0.2) is 24.3 Å². The molecule has 0 saturated heterocycles. The first-order valence-corrected chi connectivity index (χ1v) is 4.84. The van der Waals surface area contributed by atoms with Gasteiger partial charge in [0.05, 0.1) is 0 Å². The van der Waals surface area contributed by atoms with E-state index < -0.39 is 5.60 Å². The van der Waals surface area contributed by atoms with Crippen LogP contribution in [0.4, 0.5) is 0 Å². The fourth-order valence-corrected chi connectivity index (χ4v) is 1.35. The fraction of sp³-hybridized carbons (Fsp3) is 0.417. The Balaban J connectivity index is 2.73. The van der Waals surface area contributed by atoms with Gasteiger partial charge in [-0.1, -0.05) is 31.2 Å². The number of aliphatic hydroxyl groups is 1. The molecule has 0 bridgehead atoms. The Labute approximate surface area is 84.6 Å². The van der Waals surface area contributed by atoms with Crippen LogP contribution in [0.3, 0.4) is 0 Å². The lowest BCUT2D eigenvalue weighted by atomic mass is 9.97. The normalized spacial score (nSPS) is 14.8. The molecule has 0 aromatic heterocycles. The lowest BCUT2D eigenvalue weighted by Crippen LogP contribution is -2.28. The Morgan fingerprint density at radius 1 is 1.29 bits per heavy atom. The zero-order valence-corrected chi connectivity index (χ0v) is 8.66. The molecule has 14 heavy (non-hydrogen) atoms. The molecule has 0 heterocycles. The summed E-state index contributed by atoms with van der Waals surface area (Å²) in [5.74, 6) is 0. The van der Waals surface area contributed by atoms with Crippen LogP contribution in [0, 0.1) is 0 Å². The topological polar surface area (TPSA) is 37.3 Å². The zero-order valence-electron chi connectivity index (χ0n) is 8.66. The van der Waals surface area contributed by atoms with Crippen molar-refractivity contribution < 1.29 is 9.90 Å². The van der Waals surface area contributed by atoms with E-state index >= 15 is 0 Å². The maximum absolute atomic E-state index is 10.5. The second kappa shape index (κ2) is 4.38. The third-order valence-corrected chi connectivity index (χ3v) is 2.25. The highest BCUT2D eigenvalue weighted by molar-refractivity contribution is 5.62. The Bertz CT molecular complexity index is 299. The van der Waals surface area contributed by atoms with E-state index in [1.54, 1.807) is 0 Å². The molecule has 0 amide bonds. The first kappa shape index (κ1) is 10.9. The largest absolute Gasteiger partial charge is 0.382 e. The van der Waals surface area contributed by atoms with Crippen molar-refractivity contribution in [1.82, 2.24) is 0 Å². The Hall–Kier alpha value is -1.15. The quantitative estimate of drug-likeness (QED) is 0.738. The van der Waals surface area contributed by atoms with Crippen molar-refractivity contribution in [3.63, 3.8) is 0 Å². The third kappa shape index (κ3) is 2.96. The van der Waals surface area contributed by atoms with Crippen molar-refractivity contribution in [3.05, 3.63) is 35.4 Å². The summed E-state index contributed by atoms with van der Waals surface area (Å²) in [7, 11) is 0. The van der Waals surface area contributed by atoms with E-state index in [4.69, 9.17) is 0 Å². The summed E-state index contributed by atoms with van der Waals surface area (Å²) >= 11 is 0. The summed E-state index contributed by atoms with van der Waals surface area (Å²) in [6, 6.07) is 7.96. The number of aryl methyl sites for hydroxylation is 1. The van der Waals surface area contributed by atoms with Crippen molar-refractivity contribution >= 4 is 6.29 Å². The number of rotatable bonds is 4. The van der Waals surface area contributed by atoms with Gasteiger partial charge in [0, 0.05) is 6.42 Å². The summed E-state index contributed by atoms with van der Waals surface area (Å²) in [6.45, 7) is 3.62. The smallest absolute Gasteiger partial charge is 0.151 e. The molecule has 0 aliphatic rings. The molecule has 76 valence electrons. The molecule has 1 aromatic carbocycles. The summed E-state index contributed by atoms with van der Waals surface area (Å²) in [5, 5.41) is 9.54. The van der Waals surface area contributed by atoms with E-state index in [2.05, 4.69) is 6.92 Å². The molecule has 1 rings (SSSR count). The van der Waals surface area contributed by atoms with Crippen molar-refractivity contribution in [2.75, 3.05) is 0 Å². The number of benzene rings is 1. The molecule has 2 nitrogen and oxygen atoms in total. The Kier molecular flexibility index (Phi) is 3.42. The number of carbonyl (C=O) groups excluding carboxylic acids is 1. The highest BCUT2D eigenvalue weighted by Gasteiger charge is 2.19. The summed E-state index contributed by atoms with van der Waals surface area (Å²) < 4.78 is 0. The molecule has 1 atom stereocenters. The average molecular weight is 192 g/mol. The third-order valence-electron chi connectivity index (χ3n) is 2.25. The van der Waals surface area contributed by atoms with Gasteiger partial charge in [0.1, 0.15) is 5.60 Å². The van der Waals surface area contributed by atoms with Crippen LogP contribution in [0.2, 0.25) is 0 Å². The summed E-state index contributed by atoms with van der Waals surface area (Å²) in [4.78, 5) is 10.5. The molecule has 2 heteroatoms. The Morgan fingerprint density at radius 2 is 1.79 bits per heavy atom. The zero-order chi connectivity index (χ0) is 10.6. The number of hydrogen-bond donors (Lipinski definition) is 1. The minimum atomic E-state index is -1.24. The molecule has 1 unspecified atom stereocenters. The monoisotopic (exact) mass is 192 g/mol. The van der Waals surface area contributed by atoms with Gasteiger partial charge in [0.25, 0.3) is 0 Å². The van der Waals surface area contributed by atoms with Gasteiger partial charge in [0.15, 0.2) is 6.29 Å². The average Bonchev–Trinajstić information content (AvgIpc) is 2.19. The van der Waals surface area contributed by atoms with E-state index in [0.717, 1.165) is 12.0 Å². The first-order chi connectivity index (χ1) is 6.57. The van der Waals surface area contributed by atoms with Gasteiger partial charge in [0.2, 0.25) is 0 Å². The van der Waals surface area contributed by atoms with Crippen LogP contribution in [0.25, 0.3) is 0 Å². The summed E-state index contributed by atoms with van der Waals surface area (Å²) in [6.07, 6.45) is 1.96. The van der Waals surface area contributed by atoms with Gasteiger partial charge in [-0.05, 0) is 24.5 Å². The van der Waals surface area contributed by atoms with Gasteiger partial charge < -0.3 is 9.90 Å². The van der Waals surface area contributed by atoms with E-state index in [1.807, 2.05) is 24.3 Å². The van der Waals surface area contributed by atoms with E-state index in [0.29, 0.717) is 12.7 Å². The fourth-order valence-electron chi connectivity index (χ4n) is 1.35. The molecular weight excluding hydrogens is 176 g/mol. The van der Waals surface area contributed by atoms with Crippen molar-refractivity contribution in [1.29, 1.82) is 0 Å². The second-order valence-corrected chi connectivity index (χ2v) is 3.82. The lowest BCUT2D eigenvalue weighted by Gasteiger charge is -2.15. The molecule has 1 aromatic rings. The molecular formula is C12H16O2. The first-order valence-electron chi connectivity index (χ1n) is 4.84. The Morgan fingerprint density at radius 3 is 2.21 bits per heavy atom. The van der Waals surface area contributed by atoms with E-state index in [9.17, 15) is 9.90 Å². The van der Waals surface area contributed by atoms with Crippen molar-refractivity contribution in [2.24, 2.45) is 0 Å². The predicted molar refractivity (Wildman–Crippen MR) is 56.2 cm³/mol. The minimum Gasteiger partial charge on any atom is -0.382 e. The SMILES string of the molecule is CCc1ccc(CC(C)(O)C=O)cc1. The molecule has 0 radical (unpaired) electrons. The van der Waals surface area contributed by atoms with Crippen LogP contribution >= 0.6 is 0 Å². The van der Waals surface area contributed by atoms with Gasteiger partial charge >= 0.3 is 0 Å². The number of aldehydes is 1. The molecule has 0 fully saturated rings. The van der Waals surface area contributed by atoms with Gasteiger partial charge in [-0.15, -0.1) is 0 Å². The van der Waals surface area contributed by atoms with Crippen molar-refractivity contribution in [3.8, 4) is 0 Å². The van der Waals surface area contributed by atoms with Gasteiger partial charge in [-0.2, -0.15) is 0 Å². The maximum atomic E-state index is 10.5. The van der Waals surface area contributed by atoms with E-state index in [1.165, 1.54) is 12.5 Å². The predicted octanol–water partition coefficient (Wildman–Crippen LogP) is 1.74. The number of carbonyl (C=O) groups is 1. The van der Waals surface area contributed by atoms with Crippen LogP contribution in [-0.4, -0.2) is 17.0 Å². The molecule has 1 N–H and O–H groups in total. The molecule has 0 saturated carbocycles. The highest BCUT2D eigenvalue weighted by atomic mass is 16.3. The maximum Gasteiger partial charge on any atom is 0.151 e. The highest BCUT2D eigenvalue weighted by Crippen LogP contribution is 2.12. The molecule has 0 aliphatic carbocycles. The molecule has 0 aliphatic heterocycles. The van der Waals surface area contributed by atoms with Crippen LogP contribution in [0.5, 0.6) is 0 Å². The van der Waals surface area contributed by atoms with Crippen LogP contribution in [-0.2, 0) is 17.6 Å². The standard InChI is InChI=1S/C12H16O2/c1-3-10-4-6-11(7-5-10)8-12(2,14)9-13/h4-7,9,14H,3,8H2,1-2H3. The van der Waals surface area contributed by atoms with Gasteiger partial charge in [-0.3, -0.25) is 0 Å². The minimum absolute atomic E-state index is 0.375. The molecule has 0 spiro atoms. The van der Waals surface area contributed by atoms with Crippen LogP contribution < -0.4 is 0 Å².